The van der Waals surface area contributed by atoms with Crippen LogP contribution in [0.5, 0.6) is 5.75 Å². The Morgan fingerprint density at radius 2 is 2.29 bits per heavy atom. The molecular weight excluding hydrogens is 288 g/mol. The van der Waals surface area contributed by atoms with Crippen LogP contribution >= 0.6 is 26.6 Å². The smallest absolute Gasteiger partial charge is 0.146 e. The predicted octanol–water partition coefficient (Wildman–Crippen LogP) is 3.08. The van der Waals surface area contributed by atoms with Crippen molar-refractivity contribution < 1.29 is 8.95 Å². The van der Waals surface area contributed by atoms with Crippen molar-refractivity contribution in [1.29, 1.82) is 0 Å². The van der Waals surface area contributed by atoms with E-state index in [0.29, 0.717) is 11.5 Å². The van der Waals surface area contributed by atoms with Gasteiger partial charge in [-0.05, 0) is 28.9 Å². The number of ether oxygens (including phenoxy) is 1. The number of fused-ring (bicyclic) bond motifs is 1. The van der Waals surface area contributed by atoms with Gasteiger partial charge in [-0.3, -0.25) is 0 Å². The van der Waals surface area contributed by atoms with Gasteiger partial charge in [0.05, 0.1) is 4.91 Å². The summed E-state index contributed by atoms with van der Waals surface area (Å²) in [6.07, 6.45) is 1.80. The minimum atomic E-state index is -1.47. The lowest BCUT2D eigenvalue weighted by Crippen LogP contribution is -2.08. The van der Waals surface area contributed by atoms with Crippen molar-refractivity contribution in [3.05, 3.63) is 33.1 Å². The first-order chi connectivity index (χ1) is 6.66. The second kappa shape index (κ2) is 4.04. The standard InChI is InChI=1S/C9H6BrClO2S/c10-7-2-1-6-3-8(14(11)12)5-13-9(6)4-7/h1-4H,5H2. The van der Waals surface area contributed by atoms with Gasteiger partial charge < -0.3 is 4.74 Å². The highest BCUT2D eigenvalue weighted by Crippen LogP contribution is 2.30. The van der Waals surface area contributed by atoms with E-state index in [1.165, 1.54) is 0 Å². The molecule has 0 saturated heterocycles. The lowest BCUT2D eigenvalue weighted by Gasteiger charge is -2.15. The minimum Gasteiger partial charge on any atom is -0.488 e. The average Bonchev–Trinajstić information content (AvgIpc) is 2.16. The molecule has 0 amide bonds. The molecule has 0 bridgehead atoms. The Morgan fingerprint density at radius 1 is 1.50 bits per heavy atom. The van der Waals surface area contributed by atoms with Crippen molar-refractivity contribution in [2.75, 3.05) is 6.61 Å². The number of halogens is 2. The molecule has 1 atom stereocenters. The van der Waals surface area contributed by atoms with E-state index in [4.69, 9.17) is 15.4 Å². The van der Waals surface area contributed by atoms with Gasteiger partial charge in [0.25, 0.3) is 0 Å². The van der Waals surface area contributed by atoms with Gasteiger partial charge in [0.15, 0.2) is 0 Å². The molecule has 0 fully saturated rings. The fourth-order valence-corrected chi connectivity index (χ4v) is 2.19. The van der Waals surface area contributed by atoms with Gasteiger partial charge in [-0.15, -0.1) is 0 Å². The Hall–Kier alpha value is -0.320. The molecule has 5 heteroatoms. The molecule has 74 valence electrons. The van der Waals surface area contributed by atoms with Crippen LogP contribution in [0.15, 0.2) is 27.6 Å². The molecular formula is C9H6BrClO2S. The largest absolute Gasteiger partial charge is 0.488 e. The molecule has 14 heavy (non-hydrogen) atoms. The summed E-state index contributed by atoms with van der Waals surface area (Å²) in [6, 6.07) is 5.67. The van der Waals surface area contributed by atoms with Gasteiger partial charge in [0, 0.05) is 10.0 Å². The summed E-state index contributed by atoms with van der Waals surface area (Å²) in [5, 5.41) is 0. The summed E-state index contributed by atoms with van der Waals surface area (Å²) in [5.41, 5.74) is 0.906. The molecule has 0 aliphatic carbocycles. The summed E-state index contributed by atoms with van der Waals surface area (Å²) in [4.78, 5) is 0.599. The maximum atomic E-state index is 11.0. The minimum absolute atomic E-state index is 0.291. The molecule has 1 aromatic carbocycles. The average molecular weight is 294 g/mol. The van der Waals surface area contributed by atoms with Crippen LogP contribution in [-0.2, 0) is 10.0 Å². The zero-order valence-electron chi connectivity index (χ0n) is 7.00. The summed E-state index contributed by atoms with van der Waals surface area (Å²) in [7, 11) is 4.00. The van der Waals surface area contributed by atoms with E-state index < -0.39 is 10.0 Å². The Bertz CT molecular complexity index is 431. The van der Waals surface area contributed by atoms with Crippen molar-refractivity contribution in [2.45, 2.75) is 0 Å². The number of hydrogen-bond donors (Lipinski definition) is 0. The molecule has 1 aliphatic rings. The van der Waals surface area contributed by atoms with E-state index >= 15 is 0 Å². The van der Waals surface area contributed by atoms with Crippen LogP contribution in [0.3, 0.4) is 0 Å². The lowest BCUT2D eigenvalue weighted by atomic mass is 10.1. The quantitative estimate of drug-likeness (QED) is 0.744. The van der Waals surface area contributed by atoms with Gasteiger partial charge in [-0.1, -0.05) is 22.0 Å². The number of hydrogen-bond acceptors (Lipinski definition) is 2. The van der Waals surface area contributed by atoms with Crippen LogP contribution in [0, 0.1) is 0 Å². The van der Waals surface area contributed by atoms with E-state index in [1.54, 1.807) is 6.08 Å². The molecule has 2 nitrogen and oxygen atoms in total. The van der Waals surface area contributed by atoms with Gasteiger partial charge >= 0.3 is 0 Å². The first-order valence-electron chi connectivity index (χ1n) is 3.88. The number of benzene rings is 1. The summed E-state index contributed by atoms with van der Waals surface area (Å²) in [5.74, 6) is 0.783. The normalized spacial score (nSPS) is 16.6. The highest BCUT2D eigenvalue weighted by atomic mass is 79.9. The predicted molar refractivity (Wildman–Crippen MR) is 61.6 cm³/mol. The van der Waals surface area contributed by atoms with Gasteiger partial charge in [0.2, 0.25) is 0 Å². The highest BCUT2D eigenvalue weighted by Gasteiger charge is 2.14. The fourth-order valence-electron chi connectivity index (χ4n) is 1.21. The molecule has 0 aromatic heterocycles. The molecule has 2 rings (SSSR count). The van der Waals surface area contributed by atoms with Gasteiger partial charge in [-0.25, -0.2) is 4.21 Å². The Kier molecular flexibility index (Phi) is 2.95. The molecule has 0 spiro atoms. The monoisotopic (exact) mass is 292 g/mol. The SMILES string of the molecule is O=S(Cl)C1=Cc2ccc(Br)cc2OC1. The van der Waals surface area contributed by atoms with Crippen molar-refractivity contribution in [1.82, 2.24) is 0 Å². The first-order valence-corrected chi connectivity index (χ1v) is 6.64. The lowest BCUT2D eigenvalue weighted by molar-refractivity contribution is 0.354. The second-order valence-corrected chi connectivity index (χ2v) is 5.53. The van der Waals surface area contributed by atoms with Gasteiger partial charge in [-0.2, -0.15) is 0 Å². The van der Waals surface area contributed by atoms with Gasteiger partial charge in [0.1, 0.15) is 22.4 Å². The zero-order valence-corrected chi connectivity index (χ0v) is 10.2. The Balaban J connectivity index is 2.45. The fraction of sp³-hybridized carbons (Fsp3) is 0.111. The van der Waals surface area contributed by atoms with Crippen LogP contribution < -0.4 is 4.74 Å². The van der Waals surface area contributed by atoms with E-state index in [2.05, 4.69) is 15.9 Å². The van der Waals surface area contributed by atoms with Crippen molar-refractivity contribution in [3.63, 3.8) is 0 Å². The van der Waals surface area contributed by atoms with Crippen molar-refractivity contribution in [2.24, 2.45) is 0 Å². The molecule has 1 heterocycles. The second-order valence-electron chi connectivity index (χ2n) is 2.80. The van der Waals surface area contributed by atoms with Crippen LogP contribution in [-0.4, -0.2) is 10.8 Å². The van der Waals surface area contributed by atoms with Crippen LogP contribution in [0.25, 0.3) is 6.08 Å². The van der Waals surface area contributed by atoms with E-state index in [-0.39, 0.29) is 0 Å². The summed E-state index contributed by atoms with van der Waals surface area (Å²) in [6.45, 7) is 0.291. The highest BCUT2D eigenvalue weighted by molar-refractivity contribution is 9.10. The summed E-state index contributed by atoms with van der Waals surface area (Å²) < 4.78 is 17.4. The Morgan fingerprint density at radius 3 is 3.00 bits per heavy atom. The van der Waals surface area contributed by atoms with Crippen LogP contribution in [0.2, 0.25) is 0 Å². The topological polar surface area (TPSA) is 26.3 Å². The third-order valence-corrected chi connectivity index (χ3v) is 3.60. The maximum absolute atomic E-state index is 11.0. The molecule has 0 radical (unpaired) electrons. The van der Waals surface area contributed by atoms with E-state index in [1.807, 2.05) is 18.2 Å². The molecule has 1 aromatic rings. The molecule has 0 N–H and O–H groups in total. The Labute approximate surface area is 97.0 Å². The molecule has 1 unspecified atom stereocenters. The third-order valence-electron chi connectivity index (χ3n) is 1.87. The van der Waals surface area contributed by atoms with Crippen molar-refractivity contribution >= 4 is 42.7 Å². The van der Waals surface area contributed by atoms with E-state index in [0.717, 1.165) is 15.8 Å². The summed E-state index contributed by atoms with van der Waals surface area (Å²) >= 11 is 3.35. The van der Waals surface area contributed by atoms with Crippen LogP contribution in [0.4, 0.5) is 0 Å². The van der Waals surface area contributed by atoms with Crippen molar-refractivity contribution in [3.8, 4) is 5.75 Å². The third kappa shape index (κ3) is 2.02. The number of rotatable bonds is 1. The van der Waals surface area contributed by atoms with E-state index in [9.17, 15) is 4.21 Å². The van der Waals surface area contributed by atoms with Crippen LogP contribution in [0.1, 0.15) is 5.56 Å². The molecule has 0 saturated carbocycles. The zero-order chi connectivity index (χ0) is 10.1. The molecule has 1 aliphatic heterocycles. The maximum Gasteiger partial charge on any atom is 0.146 e. The first kappa shape index (κ1) is 10.2.